The molecule has 12 heavy (non-hydrogen) atoms. The van der Waals surface area contributed by atoms with Crippen molar-refractivity contribution in [1.29, 1.82) is 0 Å². The molecule has 0 fully saturated rings. The summed E-state index contributed by atoms with van der Waals surface area (Å²) in [5, 5.41) is 8.39. The number of carbonyl (C=O) groups excluding carboxylic acids is 1. The predicted molar refractivity (Wildman–Crippen MR) is 44.6 cm³/mol. The summed E-state index contributed by atoms with van der Waals surface area (Å²) >= 11 is 0. The second-order valence-corrected chi connectivity index (χ2v) is 3.23. The fourth-order valence-corrected chi connectivity index (χ4v) is 1.05. The van der Waals surface area contributed by atoms with E-state index in [0.717, 1.165) is 0 Å². The average molecular weight is 173 g/mol. The minimum Gasteiger partial charge on any atom is -0.475 e. The van der Waals surface area contributed by atoms with Crippen LogP contribution in [0.4, 0.5) is 0 Å². The van der Waals surface area contributed by atoms with Crippen molar-refractivity contribution in [3.05, 3.63) is 0 Å². The van der Waals surface area contributed by atoms with E-state index >= 15 is 0 Å². The van der Waals surface area contributed by atoms with Gasteiger partial charge in [0, 0.05) is 12.5 Å². The number of nitrogens with two attached hydrogens (primary N) is 1. The maximum Gasteiger partial charge on any atom is 0.372 e. The Morgan fingerprint density at radius 1 is 1.42 bits per heavy atom. The third-order valence-electron chi connectivity index (χ3n) is 1.62. The SMILES string of the molecule is CC(C)CC(CN)C(=O)C(=O)O. The Kier molecular flexibility index (Phi) is 4.51. The average Bonchev–Trinajstić information content (AvgIpc) is 1.98. The van der Waals surface area contributed by atoms with E-state index in [1.165, 1.54) is 0 Å². The Bertz CT molecular complexity index is 177. The number of hydrogen-bond donors (Lipinski definition) is 2. The minimum atomic E-state index is -1.38. The van der Waals surface area contributed by atoms with Gasteiger partial charge in [-0.25, -0.2) is 4.79 Å². The van der Waals surface area contributed by atoms with Crippen molar-refractivity contribution in [1.82, 2.24) is 0 Å². The van der Waals surface area contributed by atoms with Crippen LogP contribution in [0.2, 0.25) is 0 Å². The van der Waals surface area contributed by atoms with Crippen molar-refractivity contribution >= 4 is 11.8 Å². The maximum absolute atomic E-state index is 10.9. The number of carboxylic acid groups (broad SMARTS) is 1. The van der Waals surface area contributed by atoms with Gasteiger partial charge in [-0.15, -0.1) is 0 Å². The maximum atomic E-state index is 10.9. The summed E-state index contributed by atoms with van der Waals surface area (Å²) in [5.41, 5.74) is 5.28. The smallest absolute Gasteiger partial charge is 0.372 e. The van der Waals surface area contributed by atoms with Crippen LogP contribution in [0.3, 0.4) is 0 Å². The summed E-state index contributed by atoms with van der Waals surface area (Å²) in [4.78, 5) is 21.2. The van der Waals surface area contributed by atoms with Gasteiger partial charge >= 0.3 is 5.97 Å². The van der Waals surface area contributed by atoms with E-state index in [1.54, 1.807) is 0 Å². The molecule has 0 saturated carbocycles. The first kappa shape index (κ1) is 11.1. The number of hydrogen-bond acceptors (Lipinski definition) is 3. The lowest BCUT2D eigenvalue weighted by Gasteiger charge is -2.12. The van der Waals surface area contributed by atoms with Gasteiger partial charge in [0.05, 0.1) is 0 Å². The molecule has 0 aromatic rings. The monoisotopic (exact) mass is 173 g/mol. The summed E-state index contributed by atoms with van der Waals surface area (Å²) in [6.45, 7) is 3.97. The lowest BCUT2D eigenvalue weighted by atomic mass is 9.93. The van der Waals surface area contributed by atoms with Crippen molar-refractivity contribution in [2.75, 3.05) is 6.54 Å². The van der Waals surface area contributed by atoms with Crippen LogP contribution < -0.4 is 5.73 Å². The van der Waals surface area contributed by atoms with Crippen LogP contribution in [-0.4, -0.2) is 23.4 Å². The number of aliphatic carboxylic acids is 1. The van der Waals surface area contributed by atoms with Crippen molar-refractivity contribution in [3.8, 4) is 0 Å². The second kappa shape index (κ2) is 4.87. The first-order valence-corrected chi connectivity index (χ1v) is 3.96. The van der Waals surface area contributed by atoms with E-state index in [1.807, 2.05) is 13.8 Å². The van der Waals surface area contributed by atoms with Crippen LogP contribution in [0.25, 0.3) is 0 Å². The van der Waals surface area contributed by atoms with Gasteiger partial charge in [0.15, 0.2) is 0 Å². The van der Waals surface area contributed by atoms with Gasteiger partial charge in [-0.05, 0) is 12.3 Å². The highest BCUT2D eigenvalue weighted by molar-refractivity contribution is 6.33. The van der Waals surface area contributed by atoms with Gasteiger partial charge < -0.3 is 10.8 Å². The molecule has 0 heterocycles. The summed E-state index contributed by atoms with van der Waals surface area (Å²) in [7, 11) is 0. The second-order valence-electron chi connectivity index (χ2n) is 3.23. The highest BCUT2D eigenvalue weighted by Gasteiger charge is 2.23. The van der Waals surface area contributed by atoms with Crippen LogP contribution in [0.1, 0.15) is 20.3 Å². The van der Waals surface area contributed by atoms with Gasteiger partial charge in [0.2, 0.25) is 5.78 Å². The molecule has 3 N–H and O–H groups in total. The number of rotatable bonds is 5. The molecule has 0 aromatic carbocycles. The van der Waals surface area contributed by atoms with Gasteiger partial charge in [0.1, 0.15) is 0 Å². The van der Waals surface area contributed by atoms with Crippen molar-refractivity contribution in [3.63, 3.8) is 0 Å². The lowest BCUT2D eigenvalue weighted by Crippen LogP contribution is -2.30. The van der Waals surface area contributed by atoms with E-state index in [4.69, 9.17) is 10.8 Å². The Hall–Kier alpha value is -0.900. The van der Waals surface area contributed by atoms with Crippen LogP contribution >= 0.6 is 0 Å². The summed E-state index contributed by atoms with van der Waals surface area (Å²) in [6.07, 6.45) is 0.543. The van der Waals surface area contributed by atoms with Gasteiger partial charge in [-0.3, -0.25) is 4.79 Å². The fraction of sp³-hybridized carbons (Fsp3) is 0.750. The highest BCUT2D eigenvalue weighted by Crippen LogP contribution is 2.11. The van der Waals surface area contributed by atoms with E-state index in [0.29, 0.717) is 12.3 Å². The van der Waals surface area contributed by atoms with E-state index in [-0.39, 0.29) is 6.54 Å². The molecule has 0 aliphatic carbocycles. The van der Waals surface area contributed by atoms with E-state index < -0.39 is 17.7 Å². The molecule has 1 unspecified atom stereocenters. The molecular formula is C8H15NO3. The van der Waals surface area contributed by atoms with Crippen molar-refractivity contribution in [2.45, 2.75) is 20.3 Å². The number of ketones is 1. The topological polar surface area (TPSA) is 80.4 Å². The van der Waals surface area contributed by atoms with Gasteiger partial charge in [-0.2, -0.15) is 0 Å². The molecule has 0 saturated heterocycles. The van der Waals surface area contributed by atoms with Gasteiger partial charge in [0.25, 0.3) is 0 Å². The molecule has 0 aromatic heterocycles. The highest BCUT2D eigenvalue weighted by atomic mass is 16.4. The number of carboxylic acids is 1. The number of Topliss-reactive ketones (excluding diaryl/α,β-unsaturated/α-hetero) is 1. The Labute approximate surface area is 71.8 Å². The van der Waals surface area contributed by atoms with Crippen molar-refractivity contribution in [2.24, 2.45) is 17.6 Å². The van der Waals surface area contributed by atoms with Gasteiger partial charge in [-0.1, -0.05) is 13.8 Å². The zero-order valence-electron chi connectivity index (χ0n) is 7.41. The zero-order valence-corrected chi connectivity index (χ0v) is 7.41. The Balaban J connectivity index is 4.15. The molecular weight excluding hydrogens is 158 g/mol. The minimum absolute atomic E-state index is 0.114. The fourth-order valence-electron chi connectivity index (χ4n) is 1.05. The quantitative estimate of drug-likeness (QED) is 0.584. The molecule has 0 aliphatic rings. The molecule has 0 bridgehead atoms. The first-order valence-electron chi connectivity index (χ1n) is 3.96. The van der Waals surface area contributed by atoms with Crippen LogP contribution in [0, 0.1) is 11.8 Å². The molecule has 0 radical (unpaired) electrons. The molecule has 0 amide bonds. The third kappa shape index (κ3) is 3.48. The summed E-state index contributed by atoms with van der Waals surface area (Å²) in [5.74, 6) is -2.39. The largest absolute Gasteiger partial charge is 0.475 e. The van der Waals surface area contributed by atoms with Crippen LogP contribution in [0.15, 0.2) is 0 Å². The molecule has 4 nitrogen and oxygen atoms in total. The van der Waals surface area contributed by atoms with Crippen molar-refractivity contribution < 1.29 is 14.7 Å². The predicted octanol–water partition coefficient (Wildman–Crippen LogP) is 0.261. The van der Waals surface area contributed by atoms with Crippen LogP contribution in [-0.2, 0) is 9.59 Å². The molecule has 1 atom stereocenters. The van der Waals surface area contributed by atoms with E-state index in [2.05, 4.69) is 0 Å². The Morgan fingerprint density at radius 3 is 2.17 bits per heavy atom. The first-order chi connectivity index (χ1) is 5.49. The van der Waals surface area contributed by atoms with Crippen LogP contribution in [0.5, 0.6) is 0 Å². The number of carbonyl (C=O) groups is 2. The normalized spacial score (nSPS) is 13.0. The lowest BCUT2D eigenvalue weighted by molar-refractivity contribution is -0.151. The summed E-state index contributed by atoms with van der Waals surface area (Å²) < 4.78 is 0. The molecule has 0 spiro atoms. The standard InChI is InChI=1S/C8H15NO3/c1-5(2)3-6(4-9)7(10)8(11)12/h5-6H,3-4,9H2,1-2H3,(H,11,12). The zero-order chi connectivity index (χ0) is 9.72. The third-order valence-corrected chi connectivity index (χ3v) is 1.62. The molecule has 4 heteroatoms. The Morgan fingerprint density at radius 2 is 1.92 bits per heavy atom. The van der Waals surface area contributed by atoms with E-state index in [9.17, 15) is 9.59 Å². The summed E-state index contributed by atoms with van der Waals surface area (Å²) in [6, 6.07) is 0. The molecule has 0 aliphatic heterocycles. The molecule has 70 valence electrons. The molecule has 0 rings (SSSR count).